The Kier molecular flexibility index (Phi) is 7.67. The van der Waals surface area contributed by atoms with E-state index in [1.54, 1.807) is 55.6 Å². The number of fused-ring (bicyclic) bond motifs is 1. The van der Waals surface area contributed by atoms with E-state index in [0.29, 0.717) is 23.5 Å². The molecule has 1 aliphatic heterocycles. The zero-order valence-electron chi connectivity index (χ0n) is 21.1. The molecule has 0 saturated heterocycles. The summed E-state index contributed by atoms with van der Waals surface area (Å²) in [5, 5.41) is 2.88. The smallest absolute Gasteiger partial charge is 0.299 e. The van der Waals surface area contributed by atoms with Gasteiger partial charge in [-0.3, -0.25) is 24.1 Å². The van der Waals surface area contributed by atoms with Crippen LogP contribution in [0.2, 0.25) is 0 Å². The lowest BCUT2D eigenvalue weighted by Gasteiger charge is -2.32. The molecule has 0 aromatic heterocycles. The number of carbonyl (C=O) groups is 4. The van der Waals surface area contributed by atoms with Crippen LogP contribution in [-0.4, -0.2) is 48.1 Å². The molecule has 8 heteroatoms. The van der Waals surface area contributed by atoms with Gasteiger partial charge in [0.15, 0.2) is 0 Å². The molecule has 0 spiro atoms. The molecule has 3 amide bonds. The summed E-state index contributed by atoms with van der Waals surface area (Å²) in [6.45, 7) is 3.62. The summed E-state index contributed by atoms with van der Waals surface area (Å²) in [6, 6.07) is 20.4. The zero-order chi connectivity index (χ0) is 26.5. The molecule has 4 rings (SSSR count). The van der Waals surface area contributed by atoms with Crippen LogP contribution in [0.5, 0.6) is 5.75 Å². The molecule has 37 heavy (non-hydrogen) atoms. The molecule has 0 radical (unpaired) electrons. The normalized spacial score (nSPS) is 13.2. The third kappa shape index (κ3) is 5.53. The van der Waals surface area contributed by atoms with E-state index in [1.165, 1.54) is 9.80 Å². The number of nitrogens with one attached hydrogen (secondary N) is 1. The molecular formula is C29H29N3O5. The highest BCUT2D eigenvalue weighted by molar-refractivity contribution is 6.52. The van der Waals surface area contributed by atoms with Crippen LogP contribution in [0.1, 0.15) is 34.8 Å². The van der Waals surface area contributed by atoms with Crippen LogP contribution in [0, 0.1) is 6.92 Å². The lowest BCUT2D eigenvalue weighted by molar-refractivity contribution is -0.138. The van der Waals surface area contributed by atoms with Gasteiger partial charge in [-0.1, -0.05) is 48.9 Å². The number of nitrogens with zero attached hydrogens (tertiary/aromatic N) is 2. The minimum Gasteiger partial charge on any atom is -0.497 e. The lowest BCUT2D eigenvalue weighted by atomic mass is 10.1. The van der Waals surface area contributed by atoms with E-state index in [2.05, 4.69) is 5.32 Å². The number of benzene rings is 3. The number of para-hydroxylation sites is 1. The number of ketones is 1. The number of anilines is 2. The van der Waals surface area contributed by atoms with Gasteiger partial charge in [0.1, 0.15) is 18.3 Å². The number of methoxy groups -OCH3 is 1. The van der Waals surface area contributed by atoms with Crippen molar-refractivity contribution in [2.75, 3.05) is 23.9 Å². The Morgan fingerprint density at radius 2 is 1.65 bits per heavy atom. The topological polar surface area (TPSA) is 96.0 Å². The Labute approximate surface area is 215 Å². The Morgan fingerprint density at radius 1 is 0.973 bits per heavy atom. The number of ether oxygens (including phenoxy) is 1. The second kappa shape index (κ2) is 11.1. The number of hydrogen-bond donors (Lipinski definition) is 1. The summed E-state index contributed by atoms with van der Waals surface area (Å²) in [7, 11) is 1.56. The number of rotatable bonds is 9. The molecule has 8 nitrogen and oxygen atoms in total. The van der Waals surface area contributed by atoms with Gasteiger partial charge in [-0.15, -0.1) is 0 Å². The fraction of sp³-hybridized carbons (Fsp3) is 0.241. The van der Waals surface area contributed by atoms with Crippen LogP contribution in [0.25, 0.3) is 0 Å². The molecule has 0 aliphatic carbocycles. The summed E-state index contributed by atoms with van der Waals surface area (Å²) < 4.78 is 5.17. The molecule has 3 aromatic rings. The van der Waals surface area contributed by atoms with Crippen molar-refractivity contribution in [2.45, 2.75) is 32.9 Å². The predicted octanol–water partition coefficient (Wildman–Crippen LogP) is 3.98. The molecule has 1 heterocycles. The quantitative estimate of drug-likeness (QED) is 0.450. The molecule has 0 bridgehead atoms. The predicted molar refractivity (Wildman–Crippen MR) is 141 cm³/mol. The van der Waals surface area contributed by atoms with Gasteiger partial charge in [-0.25, -0.2) is 0 Å². The van der Waals surface area contributed by atoms with Gasteiger partial charge in [-0.05, 0) is 55.3 Å². The number of carbonyl (C=O) groups excluding carboxylic acids is 4. The van der Waals surface area contributed by atoms with Crippen molar-refractivity contribution < 1.29 is 23.9 Å². The van der Waals surface area contributed by atoms with E-state index >= 15 is 0 Å². The largest absolute Gasteiger partial charge is 0.497 e. The minimum absolute atomic E-state index is 0.172. The second-order valence-electron chi connectivity index (χ2n) is 8.89. The third-order valence-corrected chi connectivity index (χ3v) is 6.39. The Morgan fingerprint density at radius 3 is 2.30 bits per heavy atom. The van der Waals surface area contributed by atoms with E-state index in [-0.39, 0.29) is 24.6 Å². The number of amides is 3. The van der Waals surface area contributed by atoms with E-state index in [0.717, 1.165) is 11.1 Å². The monoisotopic (exact) mass is 499 g/mol. The molecule has 3 aromatic carbocycles. The van der Waals surface area contributed by atoms with E-state index in [1.807, 2.05) is 38.1 Å². The van der Waals surface area contributed by atoms with Gasteiger partial charge in [0.25, 0.3) is 11.7 Å². The molecule has 1 unspecified atom stereocenters. The Balaban J connectivity index is 1.61. The van der Waals surface area contributed by atoms with Gasteiger partial charge < -0.3 is 15.0 Å². The van der Waals surface area contributed by atoms with Crippen LogP contribution in [0.4, 0.5) is 11.4 Å². The van der Waals surface area contributed by atoms with Crippen molar-refractivity contribution in [3.63, 3.8) is 0 Å². The van der Waals surface area contributed by atoms with Gasteiger partial charge in [-0.2, -0.15) is 0 Å². The molecule has 1 N–H and O–H groups in total. The van der Waals surface area contributed by atoms with Crippen LogP contribution in [0.3, 0.4) is 0 Å². The molecule has 0 fully saturated rings. The highest BCUT2D eigenvalue weighted by Gasteiger charge is 2.38. The fourth-order valence-corrected chi connectivity index (χ4v) is 4.34. The summed E-state index contributed by atoms with van der Waals surface area (Å²) in [4.78, 5) is 54.9. The first-order chi connectivity index (χ1) is 17.8. The average molecular weight is 500 g/mol. The standard InChI is InChI=1S/C29H29N3O5/c1-4-24(28(35)30-21-13-15-22(37-3)16-14-21)31(17-20-11-9-19(2)10-12-20)26(33)18-32-25-8-6-5-7-23(25)27(34)29(32)36/h5-16,24H,4,17-18H2,1-3H3,(H,30,35). The lowest BCUT2D eigenvalue weighted by Crippen LogP contribution is -2.50. The summed E-state index contributed by atoms with van der Waals surface area (Å²) in [6.07, 6.45) is 0.350. The van der Waals surface area contributed by atoms with Crippen molar-refractivity contribution in [3.8, 4) is 5.75 Å². The van der Waals surface area contributed by atoms with Crippen molar-refractivity contribution >= 4 is 34.9 Å². The number of aryl methyl sites for hydroxylation is 1. The molecule has 1 aliphatic rings. The minimum atomic E-state index is -0.806. The van der Waals surface area contributed by atoms with Gasteiger partial charge in [0.05, 0.1) is 18.4 Å². The van der Waals surface area contributed by atoms with Gasteiger partial charge in [0.2, 0.25) is 11.8 Å². The first kappa shape index (κ1) is 25.6. The van der Waals surface area contributed by atoms with Gasteiger partial charge >= 0.3 is 0 Å². The number of hydrogen-bond acceptors (Lipinski definition) is 5. The first-order valence-corrected chi connectivity index (χ1v) is 12.1. The maximum atomic E-state index is 13.7. The number of Topliss-reactive ketones (excluding diaryl/α,β-unsaturated/α-hetero) is 1. The highest BCUT2D eigenvalue weighted by atomic mass is 16.5. The Hall–Kier alpha value is -4.46. The molecule has 190 valence electrons. The van der Waals surface area contributed by atoms with Crippen LogP contribution >= 0.6 is 0 Å². The van der Waals surface area contributed by atoms with E-state index in [9.17, 15) is 19.2 Å². The maximum absolute atomic E-state index is 13.7. The van der Waals surface area contributed by atoms with E-state index < -0.39 is 23.6 Å². The van der Waals surface area contributed by atoms with Crippen molar-refractivity contribution in [3.05, 3.63) is 89.5 Å². The van der Waals surface area contributed by atoms with Crippen LogP contribution in [-0.2, 0) is 20.9 Å². The third-order valence-electron chi connectivity index (χ3n) is 6.39. The van der Waals surface area contributed by atoms with Crippen LogP contribution in [0.15, 0.2) is 72.8 Å². The SMILES string of the molecule is CCC(C(=O)Nc1ccc(OC)cc1)N(Cc1ccc(C)cc1)C(=O)CN1C(=O)C(=O)c2ccccc21. The van der Waals surface area contributed by atoms with Gasteiger partial charge in [0, 0.05) is 12.2 Å². The second-order valence-corrected chi connectivity index (χ2v) is 8.89. The van der Waals surface area contributed by atoms with Crippen molar-refractivity contribution in [2.24, 2.45) is 0 Å². The fourth-order valence-electron chi connectivity index (χ4n) is 4.34. The summed E-state index contributed by atoms with van der Waals surface area (Å²) in [5.41, 5.74) is 3.16. The highest BCUT2D eigenvalue weighted by Crippen LogP contribution is 2.29. The molecule has 0 saturated carbocycles. The average Bonchev–Trinajstić information content (AvgIpc) is 3.15. The van der Waals surface area contributed by atoms with Crippen molar-refractivity contribution in [1.82, 2.24) is 4.90 Å². The first-order valence-electron chi connectivity index (χ1n) is 12.1. The summed E-state index contributed by atoms with van der Waals surface area (Å²) in [5.74, 6) is -1.52. The molecule has 1 atom stereocenters. The Bertz CT molecular complexity index is 1320. The zero-order valence-corrected chi connectivity index (χ0v) is 21.1. The van der Waals surface area contributed by atoms with E-state index in [4.69, 9.17) is 4.74 Å². The molecular weight excluding hydrogens is 470 g/mol. The van der Waals surface area contributed by atoms with Crippen molar-refractivity contribution in [1.29, 1.82) is 0 Å². The summed E-state index contributed by atoms with van der Waals surface area (Å²) >= 11 is 0. The van der Waals surface area contributed by atoms with Crippen LogP contribution < -0.4 is 15.0 Å². The maximum Gasteiger partial charge on any atom is 0.299 e.